The molecule has 2 fully saturated rings. The number of carbonyl (C=O) groups excluding carboxylic acids is 4. The molecule has 0 saturated heterocycles. The maximum Gasteiger partial charge on any atom is 0.306 e. The minimum atomic E-state index is -1.57. The summed E-state index contributed by atoms with van der Waals surface area (Å²) in [4.78, 5) is 48.4. The summed E-state index contributed by atoms with van der Waals surface area (Å²) in [6.07, 6.45) is 8.66. The van der Waals surface area contributed by atoms with Gasteiger partial charge in [0.2, 0.25) is 5.78 Å². The van der Waals surface area contributed by atoms with E-state index in [1.54, 1.807) is 0 Å². The van der Waals surface area contributed by atoms with Gasteiger partial charge in [0, 0.05) is 23.7 Å². The number of Topliss-reactive ketones (excluding diaryl/α,β-unsaturated/α-hetero) is 2. The number of esters is 1. The van der Waals surface area contributed by atoms with Crippen molar-refractivity contribution in [3.8, 4) is 0 Å². The van der Waals surface area contributed by atoms with Crippen LogP contribution >= 0.6 is 0 Å². The van der Waals surface area contributed by atoms with E-state index in [9.17, 15) is 24.3 Å². The molecule has 0 aliphatic heterocycles. The van der Waals surface area contributed by atoms with Crippen molar-refractivity contribution in [3.63, 3.8) is 0 Å². The summed E-state index contributed by atoms with van der Waals surface area (Å²) in [6.45, 7) is 7.13. The predicted molar refractivity (Wildman–Crippen MR) is 122 cm³/mol. The Hall–Kier alpha value is -2.08. The van der Waals surface area contributed by atoms with Crippen LogP contribution in [0, 0.1) is 28.6 Å². The third kappa shape index (κ3) is 3.65. The molecule has 6 heteroatoms. The lowest BCUT2D eigenvalue weighted by Crippen LogP contribution is -2.57. The van der Waals surface area contributed by atoms with Crippen molar-refractivity contribution < 1.29 is 29.0 Å². The van der Waals surface area contributed by atoms with Gasteiger partial charge in [-0.1, -0.05) is 38.0 Å². The Morgan fingerprint density at radius 1 is 1.18 bits per heavy atom. The first-order chi connectivity index (χ1) is 15.4. The van der Waals surface area contributed by atoms with Gasteiger partial charge in [0.05, 0.1) is 6.42 Å². The minimum absolute atomic E-state index is 0.0540. The van der Waals surface area contributed by atoms with Crippen LogP contribution in [0.2, 0.25) is 0 Å². The average molecular weight is 457 g/mol. The zero-order chi connectivity index (χ0) is 24.2. The largest absolute Gasteiger partial charge is 0.458 e. The lowest BCUT2D eigenvalue weighted by Gasteiger charge is -2.54. The number of hydrogen-bond acceptors (Lipinski definition) is 6. The van der Waals surface area contributed by atoms with Crippen LogP contribution in [0.1, 0.15) is 79.1 Å². The molecule has 2 unspecified atom stereocenters. The highest BCUT2D eigenvalue weighted by atomic mass is 16.5. The molecular weight excluding hydrogens is 420 g/mol. The van der Waals surface area contributed by atoms with E-state index in [-0.39, 0.29) is 47.6 Å². The Morgan fingerprint density at radius 3 is 2.61 bits per heavy atom. The zero-order valence-corrected chi connectivity index (χ0v) is 20.2. The molecule has 0 spiro atoms. The standard InChI is InChI=1S/C27H36O6/c1-16-13-22-20-7-6-18-14-19(29)9-11-25(18,3)21(20)10-12-26(22,4)27(16,32)23(30)15-33-24(31)8-5-17(2)28/h10,14,16,20,22,32H,5-9,11-13,15H2,1-4H3/t16-,20?,22?,25+,26+,27+/m1/s1. The molecule has 6 nitrogen and oxygen atoms in total. The van der Waals surface area contributed by atoms with Gasteiger partial charge < -0.3 is 14.6 Å². The van der Waals surface area contributed by atoms with Crippen molar-refractivity contribution >= 4 is 23.3 Å². The molecule has 0 heterocycles. The lowest BCUT2D eigenvalue weighted by atomic mass is 9.50. The minimum Gasteiger partial charge on any atom is -0.458 e. The van der Waals surface area contributed by atoms with Crippen LogP contribution in [-0.2, 0) is 23.9 Å². The van der Waals surface area contributed by atoms with E-state index in [0.717, 1.165) is 25.7 Å². The van der Waals surface area contributed by atoms with Gasteiger partial charge in [-0.15, -0.1) is 0 Å². The molecule has 1 N–H and O–H groups in total. The fourth-order valence-corrected chi connectivity index (χ4v) is 7.40. The van der Waals surface area contributed by atoms with E-state index >= 15 is 0 Å². The first-order valence-corrected chi connectivity index (χ1v) is 12.3. The highest BCUT2D eigenvalue weighted by Crippen LogP contribution is 2.66. The first kappa shape index (κ1) is 24.1. The molecule has 0 aromatic carbocycles. The van der Waals surface area contributed by atoms with Gasteiger partial charge in [-0.2, -0.15) is 0 Å². The monoisotopic (exact) mass is 456 g/mol. The SMILES string of the molecule is CC(=O)CCC(=O)OCC(=O)[C@@]1(O)[C@H](C)CC2C3CCC4=CC(=O)CC[C@]4(C)C3=CC[C@@]21C. The maximum atomic E-state index is 13.3. The maximum absolute atomic E-state index is 13.3. The highest BCUT2D eigenvalue weighted by molar-refractivity contribution is 5.92. The number of fused-ring (bicyclic) bond motifs is 5. The van der Waals surface area contributed by atoms with E-state index in [1.807, 2.05) is 19.9 Å². The van der Waals surface area contributed by atoms with Crippen LogP contribution in [0.3, 0.4) is 0 Å². The van der Waals surface area contributed by atoms with Gasteiger partial charge in [-0.3, -0.25) is 14.4 Å². The normalized spacial score (nSPS) is 39.5. The molecule has 0 radical (unpaired) electrons. The van der Waals surface area contributed by atoms with Gasteiger partial charge in [0.25, 0.3) is 0 Å². The van der Waals surface area contributed by atoms with Crippen LogP contribution < -0.4 is 0 Å². The van der Waals surface area contributed by atoms with Crippen molar-refractivity contribution in [2.75, 3.05) is 6.61 Å². The lowest BCUT2D eigenvalue weighted by molar-refractivity contribution is -0.168. The Balaban J connectivity index is 1.57. The Morgan fingerprint density at radius 2 is 1.91 bits per heavy atom. The van der Waals surface area contributed by atoms with E-state index in [0.29, 0.717) is 12.8 Å². The van der Waals surface area contributed by atoms with Crippen LogP contribution in [-0.4, -0.2) is 40.6 Å². The van der Waals surface area contributed by atoms with Crippen LogP contribution in [0.5, 0.6) is 0 Å². The Labute approximate surface area is 195 Å². The van der Waals surface area contributed by atoms with Gasteiger partial charge in [0.1, 0.15) is 11.4 Å². The molecule has 2 saturated carbocycles. The van der Waals surface area contributed by atoms with E-state index in [4.69, 9.17) is 4.74 Å². The molecule has 0 amide bonds. The molecule has 0 aromatic heterocycles. The van der Waals surface area contributed by atoms with Crippen molar-refractivity contribution in [2.24, 2.45) is 28.6 Å². The topological polar surface area (TPSA) is 97.7 Å². The molecule has 4 rings (SSSR count). The Bertz CT molecular complexity index is 960. The van der Waals surface area contributed by atoms with Crippen LogP contribution in [0.4, 0.5) is 0 Å². The van der Waals surface area contributed by atoms with Gasteiger partial charge in [0.15, 0.2) is 12.4 Å². The summed E-state index contributed by atoms with van der Waals surface area (Å²) in [6, 6.07) is 0. The van der Waals surface area contributed by atoms with Crippen LogP contribution in [0.15, 0.2) is 23.3 Å². The van der Waals surface area contributed by atoms with Crippen molar-refractivity contribution in [3.05, 3.63) is 23.3 Å². The number of ether oxygens (including phenoxy) is 1. The third-order valence-electron chi connectivity index (χ3n) is 9.39. The van der Waals surface area contributed by atoms with Gasteiger partial charge in [-0.25, -0.2) is 0 Å². The third-order valence-corrected chi connectivity index (χ3v) is 9.39. The number of aliphatic hydroxyl groups is 1. The van der Waals surface area contributed by atoms with Crippen molar-refractivity contribution in [2.45, 2.75) is 84.7 Å². The van der Waals surface area contributed by atoms with E-state index < -0.39 is 29.4 Å². The summed E-state index contributed by atoms with van der Waals surface area (Å²) in [5, 5.41) is 11.9. The molecule has 4 aliphatic carbocycles. The second-order valence-electron chi connectivity index (χ2n) is 11.2. The number of allylic oxidation sites excluding steroid dienone is 4. The summed E-state index contributed by atoms with van der Waals surface area (Å²) in [7, 11) is 0. The summed E-state index contributed by atoms with van der Waals surface area (Å²) in [5.41, 5.74) is 0.318. The Kier molecular flexibility index (Phi) is 6.05. The summed E-state index contributed by atoms with van der Waals surface area (Å²) < 4.78 is 5.15. The molecule has 0 aromatic rings. The van der Waals surface area contributed by atoms with E-state index in [1.165, 1.54) is 18.1 Å². The zero-order valence-electron chi connectivity index (χ0n) is 20.2. The number of ketones is 3. The molecule has 4 aliphatic rings. The summed E-state index contributed by atoms with van der Waals surface area (Å²) in [5.74, 6) is -0.739. The molecule has 180 valence electrons. The van der Waals surface area contributed by atoms with Crippen molar-refractivity contribution in [1.29, 1.82) is 0 Å². The predicted octanol–water partition coefficient (Wildman–Crippen LogP) is 3.90. The molecule has 6 atom stereocenters. The number of carbonyl (C=O) groups is 4. The molecule has 33 heavy (non-hydrogen) atoms. The van der Waals surface area contributed by atoms with Crippen LogP contribution in [0.25, 0.3) is 0 Å². The van der Waals surface area contributed by atoms with Gasteiger partial charge in [-0.05, 0) is 62.9 Å². The van der Waals surface area contributed by atoms with Gasteiger partial charge >= 0.3 is 5.97 Å². The number of hydrogen-bond donors (Lipinski definition) is 1. The fraction of sp³-hybridized carbons (Fsp3) is 0.704. The highest BCUT2D eigenvalue weighted by Gasteiger charge is 2.67. The fourth-order valence-electron chi connectivity index (χ4n) is 7.40. The summed E-state index contributed by atoms with van der Waals surface area (Å²) >= 11 is 0. The average Bonchev–Trinajstić information content (AvgIpc) is 2.98. The molecule has 0 bridgehead atoms. The van der Waals surface area contributed by atoms with E-state index in [2.05, 4.69) is 13.0 Å². The number of rotatable bonds is 6. The second kappa shape index (κ2) is 8.30. The first-order valence-electron chi connectivity index (χ1n) is 12.3. The second-order valence-corrected chi connectivity index (χ2v) is 11.2. The smallest absolute Gasteiger partial charge is 0.306 e. The quantitative estimate of drug-likeness (QED) is 0.481. The van der Waals surface area contributed by atoms with Crippen molar-refractivity contribution in [1.82, 2.24) is 0 Å². The molecular formula is C27H36O6.